The Bertz CT molecular complexity index is 1230. The van der Waals surface area contributed by atoms with Gasteiger partial charge in [0.1, 0.15) is 18.1 Å². The van der Waals surface area contributed by atoms with Gasteiger partial charge in [0.15, 0.2) is 0 Å². The summed E-state index contributed by atoms with van der Waals surface area (Å²) in [5.41, 5.74) is 2.51. The van der Waals surface area contributed by atoms with Crippen molar-refractivity contribution in [2.45, 2.75) is 38.1 Å². The lowest BCUT2D eigenvalue weighted by Crippen LogP contribution is -2.72. The molecule has 196 valence electrons. The summed E-state index contributed by atoms with van der Waals surface area (Å²) < 4.78 is 1.61. The van der Waals surface area contributed by atoms with Crippen molar-refractivity contribution >= 4 is 23.4 Å². The van der Waals surface area contributed by atoms with Gasteiger partial charge in [-0.15, -0.1) is 0 Å². The average Bonchev–Trinajstić information content (AvgIpc) is 3.34. The average molecular weight is 506 g/mol. The number of aliphatic hydroxyl groups excluding tert-OH is 1. The number of likely N-dealkylation sites (N-methyl/N-ethyl adjacent to an activating group) is 1. The summed E-state index contributed by atoms with van der Waals surface area (Å²) >= 11 is 0. The minimum absolute atomic E-state index is 0.241. The van der Waals surface area contributed by atoms with E-state index in [-0.39, 0.29) is 11.9 Å². The Hall–Kier alpha value is -3.92. The van der Waals surface area contributed by atoms with Crippen LogP contribution < -0.4 is 15.1 Å². The van der Waals surface area contributed by atoms with E-state index in [1.165, 1.54) is 9.80 Å². The molecule has 0 aliphatic carbocycles. The van der Waals surface area contributed by atoms with Crippen LogP contribution in [0.1, 0.15) is 30.5 Å². The lowest BCUT2D eigenvalue weighted by molar-refractivity contribution is -0.164. The number of hydrogen-bond donors (Lipinski definition) is 2. The van der Waals surface area contributed by atoms with Gasteiger partial charge in [-0.2, -0.15) is 5.10 Å². The number of anilines is 2. The topological polar surface area (TPSA) is 107 Å². The highest BCUT2D eigenvalue weighted by Crippen LogP contribution is 2.36. The molecule has 3 amide bonds. The number of likely N-dealkylation sites (tertiary alicyclic amines) is 1. The molecule has 0 bridgehead atoms. The number of pyridine rings is 1. The summed E-state index contributed by atoms with van der Waals surface area (Å²) in [7, 11) is 7.25. The van der Waals surface area contributed by atoms with E-state index in [0.29, 0.717) is 18.5 Å². The van der Waals surface area contributed by atoms with Crippen molar-refractivity contribution in [3.05, 3.63) is 72.2 Å². The smallest absolute Gasteiger partial charge is 0.320 e. The maximum absolute atomic E-state index is 13.7. The number of benzene rings is 1. The second-order valence-corrected chi connectivity index (χ2v) is 9.64. The number of hydrogen-bond acceptors (Lipinski definition) is 6. The molecule has 2 N–H and O–H groups in total. The maximum atomic E-state index is 13.7. The molecule has 1 unspecified atom stereocenters. The molecule has 4 atom stereocenters. The summed E-state index contributed by atoms with van der Waals surface area (Å²) in [6, 6.07) is 11.9. The summed E-state index contributed by atoms with van der Waals surface area (Å²) in [5, 5.41) is 18.3. The molecule has 1 aromatic carbocycles. The number of rotatable bonds is 8. The standard InChI is InChI=1S/C27H35N7O3/c1-6-22(19-10-8-7-9-11-19)30-27(37)34-24(26(36)33(5)20-16-29-32(4)17-20)21(25(34)35)14-18-12-13-28-23(15-18)31(2)3/h7-13,15-17,21-22,24-25,35H,6,14H2,1-5H3,(H,30,37)/t21-,22-,24+,25?/m1/s1. The predicted molar refractivity (Wildman–Crippen MR) is 142 cm³/mol. The predicted octanol–water partition coefficient (Wildman–Crippen LogP) is 2.57. The van der Waals surface area contributed by atoms with Gasteiger partial charge in [0.05, 0.1) is 17.9 Å². The first kappa shape index (κ1) is 26.2. The molecule has 0 saturated carbocycles. The van der Waals surface area contributed by atoms with Crippen LogP contribution in [0.15, 0.2) is 61.1 Å². The Labute approximate surface area is 217 Å². The Balaban J connectivity index is 1.60. The number of carbonyl (C=O) groups excluding carboxylic acids is 2. The number of aromatic nitrogens is 3. The fraction of sp³-hybridized carbons (Fsp3) is 0.407. The molecule has 10 nitrogen and oxygen atoms in total. The Morgan fingerprint density at radius 1 is 1.16 bits per heavy atom. The highest BCUT2D eigenvalue weighted by molar-refractivity contribution is 6.00. The molecular formula is C27H35N7O3. The fourth-order valence-corrected chi connectivity index (χ4v) is 4.75. The zero-order valence-corrected chi connectivity index (χ0v) is 21.9. The molecular weight excluding hydrogens is 470 g/mol. The minimum Gasteiger partial charge on any atom is -0.373 e. The number of aryl methyl sites for hydroxylation is 1. The van der Waals surface area contributed by atoms with E-state index in [0.717, 1.165) is 16.9 Å². The van der Waals surface area contributed by atoms with E-state index in [1.807, 2.05) is 68.4 Å². The maximum Gasteiger partial charge on any atom is 0.320 e. The monoisotopic (exact) mass is 505 g/mol. The second-order valence-electron chi connectivity index (χ2n) is 9.64. The number of urea groups is 1. The van der Waals surface area contributed by atoms with Gasteiger partial charge in [0, 0.05) is 46.5 Å². The molecule has 1 saturated heterocycles. The normalized spacial score (nSPS) is 19.6. The zero-order valence-electron chi connectivity index (χ0n) is 21.9. The van der Waals surface area contributed by atoms with Crippen LogP contribution in [0.25, 0.3) is 0 Å². The van der Waals surface area contributed by atoms with Gasteiger partial charge in [-0.25, -0.2) is 9.78 Å². The van der Waals surface area contributed by atoms with Crippen LogP contribution in [-0.4, -0.2) is 70.1 Å². The van der Waals surface area contributed by atoms with Gasteiger partial charge in [-0.1, -0.05) is 37.3 Å². The van der Waals surface area contributed by atoms with Crippen molar-refractivity contribution < 1.29 is 14.7 Å². The third-order valence-electron chi connectivity index (χ3n) is 6.92. The summed E-state index contributed by atoms with van der Waals surface area (Å²) in [6.45, 7) is 1.98. The van der Waals surface area contributed by atoms with E-state index in [4.69, 9.17) is 0 Å². The van der Waals surface area contributed by atoms with E-state index < -0.39 is 24.2 Å². The van der Waals surface area contributed by atoms with Crippen LogP contribution in [0.3, 0.4) is 0 Å². The Morgan fingerprint density at radius 2 is 1.89 bits per heavy atom. The number of carbonyl (C=O) groups is 2. The van der Waals surface area contributed by atoms with Crippen molar-refractivity contribution in [2.24, 2.45) is 13.0 Å². The molecule has 4 rings (SSSR count). The Morgan fingerprint density at radius 3 is 2.51 bits per heavy atom. The Kier molecular flexibility index (Phi) is 7.77. The molecule has 1 fully saturated rings. The van der Waals surface area contributed by atoms with Crippen LogP contribution >= 0.6 is 0 Å². The number of nitrogens with zero attached hydrogens (tertiary/aromatic N) is 6. The summed E-state index contributed by atoms with van der Waals surface area (Å²) in [4.78, 5) is 36.2. The van der Waals surface area contributed by atoms with E-state index in [2.05, 4.69) is 15.4 Å². The third kappa shape index (κ3) is 5.43. The zero-order chi connectivity index (χ0) is 26.7. The summed E-state index contributed by atoms with van der Waals surface area (Å²) in [6.07, 6.45) is 5.02. The van der Waals surface area contributed by atoms with Crippen LogP contribution in [-0.2, 0) is 18.3 Å². The number of amides is 3. The molecule has 0 radical (unpaired) electrons. The highest BCUT2D eigenvalue weighted by Gasteiger charge is 2.55. The first-order chi connectivity index (χ1) is 17.7. The molecule has 1 aliphatic heterocycles. The first-order valence-electron chi connectivity index (χ1n) is 12.4. The van der Waals surface area contributed by atoms with Crippen molar-refractivity contribution in [3.8, 4) is 0 Å². The van der Waals surface area contributed by atoms with Crippen LogP contribution in [0.4, 0.5) is 16.3 Å². The van der Waals surface area contributed by atoms with Gasteiger partial charge >= 0.3 is 6.03 Å². The van der Waals surface area contributed by atoms with Gasteiger partial charge in [-0.3, -0.25) is 14.4 Å². The van der Waals surface area contributed by atoms with E-state index >= 15 is 0 Å². The molecule has 0 spiro atoms. The first-order valence-corrected chi connectivity index (χ1v) is 12.4. The lowest BCUT2D eigenvalue weighted by atomic mass is 9.80. The van der Waals surface area contributed by atoms with Crippen LogP contribution in [0, 0.1) is 5.92 Å². The minimum atomic E-state index is -1.11. The molecule has 37 heavy (non-hydrogen) atoms. The van der Waals surface area contributed by atoms with Crippen molar-refractivity contribution in [3.63, 3.8) is 0 Å². The molecule has 1 aliphatic rings. The van der Waals surface area contributed by atoms with Crippen LogP contribution in [0.2, 0.25) is 0 Å². The quantitative estimate of drug-likeness (QED) is 0.487. The van der Waals surface area contributed by atoms with Gasteiger partial charge in [0.25, 0.3) is 0 Å². The molecule has 3 heterocycles. The number of aliphatic hydroxyl groups is 1. The largest absolute Gasteiger partial charge is 0.373 e. The lowest BCUT2D eigenvalue weighted by Gasteiger charge is -2.52. The molecule has 2 aromatic heterocycles. The third-order valence-corrected chi connectivity index (χ3v) is 6.92. The second kappa shape index (κ2) is 11.0. The highest BCUT2D eigenvalue weighted by atomic mass is 16.3. The van der Waals surface area contributed by atoms with Crippen molar-refractivity contribution in [1.82, 2.24) is 25.0 Å². The SMILES string of the molecule is CC[C@@H](NC(=O)N1C(O)[C@H](Cc2ccnc(N(C)C)c2)[C@H]1C(=O)N(C)c1cnn(C)c1)c1ccccc1. The molecule has 3 aromatic rings. The van der Waals surface area contributed by atoms with Gasteiger partial charge in [0.2, 0.25) is 5.91 Å². The van der Waals surface area contributed by atoms with Gasteiger partial charge in [-0.05, 0) is 36.1 Å². The van der Waals surface area contributed by atoms with Crippen molar-refractivity contribution in [2.75, 3.05) is 30.9 Å². The van der Waals surface area contributed by atoms with Crippen LogP contribution in [0.5, 0.6) is 0 Å². The van der Waals surface area contributed by atoms with Crippen molar-refractivity contribution in [1.29, 1.82) is 0 Å². The fourth-order valence-electron chi connectivity index (χ4n) is 4.75. The van der Waals surface area contributed by atoms with Gasteiger partial charge < -0.3 is 20.2 Å². The summed E-state index contributed by atoms with van der Waals surface area (Å²) in [5.74, 6) is 0.0181. The van der Waals surface area contributed by atoms with E-state index in [9.17, 15) is 14.7 Å². The number of nitrogens with one attached hydrogen (secondary N) is 1. The van der Waals surface area contributed by atoms with E-state index in [1.54, 1.807) is 37.4 Å². The molecule has 10 heteroatoms.